The van der Waals surface area contributed by atoms with Crippen LogP contribution in [-0.4, -0.2) is 25.0 Å². The smallest absolute Gasteiger partial charge is 0.239 e. The molecule has 1 heterocycles. The van der Waals surface area contributed by atoms with E-state index >= 15 is 0 Å². The fraction of sp³-hybridized carbons (Fsp3) is 0.533. The number of benzene rings is 1. The molecule has 1 amide bonds. The largest absolute Gasteiger partial charge is 0.362 e. The van der Waals surface area contributed by atoms with E-state index in [0.717, 1.165) is 32.2 Å². The molecule has 19 heavy (non-hydrogen) atoms. The fourth-order valence-electron chi connectivity index (χ4n) is 2.69. The molecule has 0 atom stereocenters. The summed E-state index contributed by atoms with van der Waals surface area (Å²) in [5, 5.41) is 3.05. The number of hydrogen-bond acceptors (Lipinski definition) is 3. The molecule has 0 bridgehead atoms. The molecule has 0 unspecified atom stereocenters. The summed E-state index contributed by atoms with van der Waals surface area (Å²) >= 11 is 0. The second-order valence-corrected chi connectivity index (χ2v) is 5.53. The Kier molecular flexibility index (Phi) is 3.42. The lowest BCUT2D eigenvalue weighted by Gasteiger charge is -2.31. The monoisotopic (exact) mass is 259 g/mol. The number of amides is 1. The molecule has 0 spiro atoms. The Morgan fingerprint density at radius 2 is 2.26 bits per heavy atom. The van der Waals surface area contributed by atoms with Crippen molar-refractivity contribution in [1.29, 1.82) is 0 Å². The first kappa shape index (κ1) is 12.5. The van der Waals surface area contributed by atoms with Crippen molar-refractivity contribution in [2.45, 2.75) is 38.3 Å². The van der Waals surface area contributed by atoms with E-state index in [2.05, 4.69) is 28.4 Å². The van der Waals surface area contributed by atoms with E-state index in [1.807, 2.05) is 0 Å². The van der Waals surface area contributed by atoms with Gasteiger partial charge in [-0.15, -0.1) is 0 Å². The van der Waals surface area contributed by atoms with Gasteiger partial charge in [-0.3, -0.25) is 4.79 Å². The minimum atomic E-state index is 0.151. The van der Waals surface area contributed by atoms with Gasteiger partial charge in [0.05, 0.1) is 6.54 Å². The molecule has 1 aliphatic heterocycles. The molecule has 1 aliphatic carbocycles. The number of rotatable bonds is 4. The van der Waals surface area contributed by atoms with Gasteiger partial charge in [-0.1, -0.05) is 12.1 Å². The Morgan fingerprint density at radius 1 is 1.42 bits per heavy atom. The minimum absolute atomic E-state index is 0.151. The number of nitrogens with one attached hydrogen (secondary N) is 1. The standard InChI is InChI=1S/C15H21N3O/c16-9-11-3-6-14-12(8-11)2-1-7-18(14)10-15(19)17-13-4-5-13/h3,6,8,13H,1-2,4-5,7,9-10,16H2,(H,17,19). The fourth-order valence-corrected chi connectivity index (χ4v) is 2.69. The molecule has 4 heteroatoms. The van der Waals surface area contributed by atoms with Gasteiger partial charge in [0.1, 0.15) is 0 Å². The van der Waals surface area contributed by atoms with Gasteiger partial charge >= 0.3 is 0 Å². The number of fused-ring (bicyclic) bond motifs is 1. The van der Waals surface area contributed by atoms with E-state index in [1.165, 1.54) is 16.8 Å². The molecule has 1 saturated carbocycles. The SMILES string of the molecule is NCc1ccc2c(c1)CCCN2CC(=O)NC1CC1. The van der Waals surface area contributed by atoms with Crippen LogP contribution >= 0.6 is 0 Å². The molecule has 0 radical (unpaired) electrons. The molecule has 4 nitrogen and oxygen atoms in total. The minimum Gasteiger partial charge on any atom is -0.362 e. The van der Waals surface area contributed by atoms with Crippen molar-refractivity contribution in [3.8, 4) is 0 Å². The normalized spacial score (nSPS) is 18.1. The van der Waals surface area contributed by atoms with Crippen LogP contribution in [0.4, 0.5) is 5.69 Å². The Balaban J connectivity index is 1.72. The van der Waals surface area contributed by atoms with Gasteiger partial charge in [-0.25, -0.2) is 0 Å². The van der Waals surface area contributed by atoms with Crippen LogP contribution in [0.2, 0.25) is 0 Å². The first-order valence-corrected chi connectivity index (χ1v) is 7.12. The van der Waals surface area contributed by atoms with Crippen molar-refractivity contribution in [3.05, 3.63) is 29.3 Å². The summed E-state index contributed by atoms with van der Waals surface area (Å²) in [6.07, 6.45) is 4.48. The summed E-state index contributed by atoms with van der Waals surface area (Å²) in [6.45, 7) is 2.02. The van der Waals surface area contributed by atoms with Crippen LogP contribution in [0.1, 0.15) is 30.4 Å². The molecule has 0 aromatic heterocycles. The zero-order chi connectivity index (χ0) is 13.2. The highest BCUT2D eigenvalue weighted by molar-refractivity contribution is 5.82. The molecule has 3 N–H and O–H groups in total. The van der Waals surface area contributed by atoms with E-state index in [4.69, 9.17) is 5.73 Å². The summed E-state index contributed by atoms with van der Waals surface area (Å²) < 4.78 is 0. The third kappa shape index (κ3) is 2.89. The van der Waals surface area contributed by atoms with Gasteiger partial charge in [0.15, 0.2) is 0 Å². The maximum Gasteiger partial charge on any atom is 0.239 e. The molecule has 1 aromatic rings. The number of nitrogens with two attached hydrogens (primary N) is 1. The van der Waals surface area contributed by atoms with E-state index < -0.39 is 0 Å². The van der Waals surface area contributed by atoms with Gasteiger partial charge in [-0.2, -0.15) is 0 Å². The van der Waals surface area contributed by atoms with Crippen molar-refractivity contribution in [3.63, 3.8) is 0 Å². The van der Waals surface area contributed by atoms with Crippen LogP contribution in [0.5, 0.6) is 0 Å². The van der Waals surface area contributed by atoms with Crippen molar-refractivity contribution >= 4 is 11.6 Å². The number of carbonyl (C=O) groups excluding carboxylic acids is 1. The summed E-state index contributed by atoms with van der Waals surface area (Å²) in [5.41, 5.74) is 9.38. The average molecular weight is 259 g/mol. The third-order valence-electron chi connectivity index (χ3n) is 3.87. The first-order chi connectivity index (χ1) is 9.26. The molecule has 0 saturated heterocycles. The predicted octanol–water partition coefficient (Wildman–Crippen LogP) is 1.18. The lowest BCUT2D eigenvalue weighted by Crippen LogP contribution is -2.40. The second-order valence-electron chi connectivity index (χ2n) is 5.53. The van der Waals surface area contributed by atoms with Crippen LogP contribution in [0.3, 0.4) is 0 Å². The second kappa shape index (κ2) is 5.21. The molecule has 2 aliphatic rings. The number of nitrogens with zero attached hydrogens (tertiary/aromatic N) is 1. The van der Waals surface area contributed by atoms with Crippen LogP contribution in [0.25, 0.3) is 0 Å². The summed E-state index contributed by atoms with van der Waals surface area (Å²) in [5.74, 6) is 0.151. The predicted molar refractivity (Wildman–Crippen MR) is 76.0 cm³/mol. The van der Waals surface area contributed by atoms with Crippen LogP contribution < -0.4 is 16.0 Å². The van der Waals surface area contributed by atoms with Crippen molar-refractivity contribution < 1.29 is 4.79 Å². The van der Waals surface area contributed by atoms with Crippen LogP contribution in [0.15, 0.2) is 18.2 Å². The molecule has 1 fully saturated rings. The highest BCUT2D eigenvalue weighted by Gasteiger charge is 2.25. The Hall–Kier alpha value is -1.55. The molecular weight excluding hydrogens is 238 g/mol. The maximum atomic E-state index is 11.9. The van der Waals surface area contributed by atoms with E-state index in [1.54, 1.807) is 0 Å². The highest BCUT2D eigenvalue weighted by Crippen LogP contribution is 2.28. The Bertz CT molecular complexity index is 482. The van der Waals surface area contributed by atoms with E-state index in [9.17, 15) is 4.79 Å². The zero-order valence-corrected chi connectivity index (χ0v) is 11.2. The van der Waals surface area contributed by atoms with Crippen LogP contribution in [-0.2, 0) is 17.8 Å². The van der Waals surface area contributed by atoms with Crippen molar-refractivity contribution in [2.75, 3.05) is 18.0 Å². The molecule has 3 rings (SSSR count). The lowest BCUT2D eigenvalue weighted by molar-refractivity contribution is -0.119. The van der Waals surface area contributed by atoms with Gasteiger partial charge in [0.25, 0.3) is 0 Å². The third-order valence-corrected chi connectivity index (χ3v) is 3.87. The maximum absolute atomic E-state index is 11.9. The average Bonchev–Trinajstić information content (AvgIpc) is 3.22. The van der Waals surface area contributed by atoms with Gasteiger partial charge in [0, 0.05) is 24.8 Å². The topological polar surface area (TPSA) is 58.4 Å². The number of anilines is 1. The van der Waals surface area contributed by atoms with Gasteiger partial charge < -0.3 is 16.0 Å². The van der Waals surface area contributed by atoms with E-state index in [0.29, 0.717) is 19.1 Å². The Morgan fingerprint density at radius 3 is 3.00 bits per heavy atom. The summed E-state index contributed by atoms with van der Waals surface area (Å²) in [7, 11) is 0. The Labute approximate surface area is 114 Å². The van der Waals surface area contributed by atoms with Gasteiger partial charge in [-0.05, 0) is 42.9 Å². The molecule has 1 aromatic carbocycles. The van der Waals surface area contributed by atoms with Crippen molar-refractivity contribution in [1.82, 2.24) is 5.32 Å². The summed E-state index contributed by atoms with van der Waals surface area (Å²) in [4.78, 5) is 14.1. The van der Waals surface area contributed by atoms with E-state index in [-0.39, 0.29) is 5.91 Å². The lowest BCUT2D eigenvalue weighted by atomic mass is 9.99. The van der Waals surface area contributed by atoms with Crippen LogP contribution in [0, 0.1) is 0 Å². The first-order valence-electron chi connectivity index (χ1n) is 7.12. The van der Waals surface area contributed by atoms with Gasteiger partial charge in [0.2, 0.25) is 5.91 Å². The number of hydrogen-bond donors (Lipinski definition) is 2. The number of aryl methyl sites for hydroxylation is 1. The quantitative estimate of drug-likeness (QED) is 0.853. The number of carbonyl (C=O) groups is 1. The molecule has 102 valence electrons. The van der Waals surface area contributed by atoms with Crippen molar-refractivity contribution in [2.24, 2.45) is 5.73 Å². The molecular formula is C15H21N3O. The zero-order valence-electron chi connectivity index (χ0n) is 11.2. The highest BCUT2D eigenvalue weighted by atomic mass is 16.2. The summed E-state index contributed by atoms with van der Waals surface area (Å²) in [6, 6.07) is 6.80.